The van der Waals surface area contributed by atoms with Crippen molar-refractivity contribution in [3.8, 4) is 5.75 Å². The summed E-state index contributed by atoms with van der Waals surface area (Å²) in [7, 11) is 0. The molecule has 2 rings (SSSR count). The molecule has 20 heavy (non-hydrogen) atoms. The van der Waals surface area contributed by atoms with Gasteiger partial charge in [-0.05, 0) is 50.1 Å². The van der Waals surface area contributed by atoms with E-state index in [4.69, 9.17) is 4.74 Å². The first-order valence-electron chi connectivity index (χ1n) is 7.06. The van der Waals surface area contributed by atoms with Gasteiger partial charge in [0.1, 0.15) is 5.75 Å². The van der Waals surface area contributed by atoms with Gasteiger partial charge >= 0.3 is 0 Å². The largest absolute Gasteiger partial charge is 0.494 e. The van der Waals surface area contributed by atoms with Crippen molar-refractivity contribution in [2.24, 2.45) is 0 Å². The average Bonchev–Trinajstić information content (AvgIpc) is 2.47. The molecule has 1 atom stereocenters. The van der Waals surface area contributed by atoms with Gasteiger partial charge in [0.25, 0.3) is 0 Å². The molecule has 2 N–H and O–H groups in total. The number of rotatable bonds is 5. The molecule has 1 aromatic carbocycles. The Bertz CT molecular complexity index is 403. The van der Waals surface area contributed by atoms with Gasteiger partial charge in [-0.25, -0.2) is 0 Å². The maximum atomic E-state index is 12.0. The van der Waals surface area contributed by atoms with Crippen molar-refractivity contribution in [3.63, 3.8) is 0 Å². The van der Waals surface area contributed by atoms with Crippen LogP contribution >= 0.6 is 12.4 Å². The van der Waals surface area contributed by atoms with Crippen LogP contribution in [0.5, 0.6) is 5.75 Å². The maximum Gasteiger partial charge on any atom is 0.241 e. The molecule has 0 aromatic heterocycles. The standard InChI is InChI=1S/C15H22N2O2.ClH/c1-2-11-19-13-8-6-12(7-9-13)17-15(18)14-5-3-4-10-16-14;/h6-9,14,16H,2-5,10-11H2,1H3,(H,17,18);1H/t14-;/m1./s1. The Morgan fingerprint density at radius 2 is 2.10 bits per heavy atom. The van der Waals surface area contributed by atoms with E-state index in [9.17, 15) is 4.79 Å². The second kappa shape index (κ2) is 8.82. The van der Waals surface area contributed by atoms with Crippen LogP contribution in [0.15, 0.2) is 24.3 Å². The van der Waals surface area contributed by atoms with Crippen LogP contribution in [0.4, 0.5) is 5.69 Å². The first-order valence-corrected chi connectivity index (χ1v) is 7.06. The van der Waals surface area contributed by atoms with Gasteiger partial charge in [0.2, 0.25) is 5.91 Å². The maximum absolute atomic E-state index is 12.0. The summed E-state index contributed by atoms with van der Waals surface area (Å²) in [5.74, 6) is 0.901. The average molecular weight is 299 g/mol. The molecule has 1 aliphatic rings. The summed E-state index contributed by atoms with van der Waals surface area (Å²) in [5, 5.41) is 6.18. The minimum absolute atomic E-state index is 0. The summed E-state index contributed by atoms with van der Waals surface area (Å²) in [4.78, 5) is 12.0. The third-order valence-electron chi connectivity index (χ3n) is 3.22. The molecule has 1 fully saturated rings. The molecular weight excluding hydrogens is 276 g/mol. The lowest BCUT2D eigenvalue weighted by Crippen LogP contribution is -2.43. The monoisotopic (exact) mass is 298 g/mol. The fourth-order valence-electron chi connectivity index (χ4n) is 2.16. The zero-order valence-corrected chi connectivity index (χ0v) is 12.7. The molecule has 0 unspecified atom stereocenters. The molecule has 1 aromatic rings. The highest BCUT2D eigenvalue weighted by atomic mass is 35.5. The molecule has 1 aliphatic heterocycles. The number of nitrogens with one attached hydrogen (secondary N) is 2. The number of amides is 1. The molecule has 5 heteroatoms. The van der Waals surface area contributed by atoms with Gasteiger partial charge in [0.15, 0.2) is 0 Å². The smallest absolute Gasteiger partial charge is 0.241 e. The second-order valence-electron chi connectivity index (χ2n) is 4.86. The molecule has 0 bridgehead atoms. The molecular formula is C15H23ClN2O2. The number of carbonyl (C=O) groups excluding carboxylic acids is 1. The van der Waals surface area contributed by atoms with E-state index in [0.29, 0.717) is 0 Å². The SMILES string of the molecule is CCCOc1ccc(NC(=O)[C@H]2CCCCN2)cc1.Cl. The summed E-state index contributed by atoms with van der Waals surface area (Å²) in [5.41, 5.74) is 0.821. The normalized spacial score (nSPS) is 17.9. The van der Waals surface area contributed by atoms with Crippen molar-refractivity contribution in [2.75, 3.05) is 18.5 Å². The number of hydrogen-bond acceptors (Lipinski definition) is 3. The molecule has 1 saturated heterocycles. The van der Waals surface area contributed by atoms with Crippen LogP contribution in [0.1, 0.15) is 32.6 Å². The first kappa shape index (κ1) is 16.8. The number of carbonyl (C=O) groups is 1. The van der Waals surface area contributed by atoms with Gasteiger partial charge in [0.05, 0.1) is 12.6 Å². The topological polar surface area (TPSA) is 50.4 Å². The Labute approximate surface area is 126 Å². The van der Waals surface area contributed by atoms with E-state index in [1.54, 1.807) is 0 Å². The van der Waals surface area contributed by atoms with Gasteiger partial charge in [-0.2, -0.15) is 0 Å². The van der Waals surface area contributed by atoms with Crippen molar-refractivity contribution in [1.29, 1.82) is 0 Å². The van der Waals surface area contributed by atoms with Gasteiger partial charge < -0.3 is 15.4 Å². The van der Waals surface area contributed by atoms with Crippen LogP contribution in [0.2, 0.25) is 0 Å². The molecule has 4 nitrogen and oxygen atoms in total. The molecule has 0 radical (unpaired) electrons. The number of anilines is 1. The lowest BCUT2D eigenvalue weighted by Gasteiger charge is -2.22. The summed E-state index contributed by atoms with van der Waals surface area (Å²) in [6.45, 7) is 3.73. The van der Waals surface area contributed by atoms with E-state index in [1.807, 2.05) is 24.3 Å². The number of piperidine rings is 1. The second-order valence-corrected chi connectivity index (χ2v) is 4.86. The van der Waals surface area contributed by atoms with Crippen LogP contribution in [-0.2, 0) is 4.79 Å². The first-order chi connectivity index (χ1) is 9.29. The summed E-state index contributed by atoms with van der Waals surface area (Å²) >= 11 is 0. The molecule has 0 aliphatic carbocycles. The number of halogens is 1. The quantitative estimate of drug-likeness (QED) is 0.878. The Balaban J connectivity index is 0.00000200. The summed E-state index contributed by atoms with van der Waals surface area (Å²) in [6.07, 6.45) is 4.19. The highest BCUT2D eigenvalue weighted by molar-refractivity contribution is 5.94. The summed E-state index contributed by atoms with van der Waals surface area (Å²) < 4.78 is 5.51. The van der Waals surface area contributed by atoms with E-state index in [1.165, 1.54) is 0 Å². The van der Waals surface area contributed by atoms with E-state index in [-0.39, 0.29) is 24.4 Å². The van der Waals surface area contributed by atoms with Crippen molar-refractivity contribution in [2.45, 2.75) is 38.6 Å². The van der Waals surface area contributed by atoms with Gasteiger partial charge in [0, 0.05) is 5.69 Å². The number of hydrogen-bond donors (Lipinski definition) is 2. The minimum Gasteiger partial charge on any atom is -0.494 e. The van der Waals surface area contributed by atoms with Gasteiger partial charge in [-0.1, -0.05) is 13.3 Å². The van der Waals surface area contributed by atoms with E-state index in [2.05, 4.69) is 17.6 Å². The van der Waals surface area contributed by atoms with E-state index >= 15 is 0 Å². The zero-order valence-electron chi connectivity index (χ0n) is 11.9. The Morgan fingerprint density at radius 3 is 2.70 bits per heavy atom. The van der Waals surface area contributed by atoms with Crippen LogP contribution in [0.3, 0.4) is 0 Å². The Hall–Kier alpha value is -1.26. The van der Waals surface area contributed by atoms with E-state index in [0.717, 1.165) is 50.3 Å². The molecule has 1 amide bonds. The predicted octanol–water partition coefficient (Wildman–Crippen LogP) is 2.98. The van der Waals surface area contributed by atoms with Crippen molar-refractivity contribution in [1.82, 2.24) is 5.32 Å². The fourth-order valence-corrected chi connectivity index (χ4v) is 2.16. The summed E-state index contributed by atoms with van der Waals surface area (Å²) in [6, 6.07) is 7.49. The lowest BCUT2D eigenvalue weighted by atomic mass is 10.0. The lowest BCUT2D eigenvalue weighted by molar-refractivity contribution is -0.118. The van der Waals surface area contributed by atoms with Crippen molar-refractivity contribution >= 4 is 24.0 Å². The fraction of sp³-hybridized carbons (Fsp3) is 0.533. The predicted molar refractivity (Wildman–Crippen MR) is 83.7 cm³/mol. The minimum atomic E-state index is -0.0511. The van der Waals surface area contributed by atoms with Gasteiger partial charge in [-0.3, -0.25) is 4.79 Å². The molecule has 0 saturated carbocycles. The third-order valence-corrected chi connectivity index (χ3v) is 3.22. The number of ether oxygens (including phenoxy) is 1. The highest BCUT2D eigenvalue weighted by Gasteiger charge is 2.20. The van der Waals surface area contributed by atoms with E-state index < -0.39 is 0 Å². The number of benzene rings is 1. The van der Waals surface area contributed by atoms with Gasteiger partial charge in [-0.15, -0.1) is 12.4 Å². The third kappa shape index (κ3) is 5.02. The van der Waals surface area contributed by atoms with Crippen molar-refractivity contribution < 1.29 is 9.53 Å². The van der Waals surface area contributed by atoms with Crippen LogP contribution in [0, 0.1) is 0 Å². The molecule has 112 valence electrons. The Kier molecular flexibility index (Phi) is 7.41. The van der Waals surface area contributed by atoms with Crippen LogP contribution in [0.25, 0.3) is 0 Å². The molecule has 1 heterocycles. The van der Waals surface area contributed by atoms with Crippen LogP contribution in [-0.4, -0.2) is 25.1 Å². The van der Waals surface area contributed by atoms with Crippen LogP contribution < -0.4 is 15.4 Å². The highest BCUT2D eigenvalue weighted by Crippen LogP contribution is 2.17. The molecule has 0 spiro atoms. The van der Waals surface area contributed by atoms with Crippen molar-refractivity contribution in [3.05, 3.63) is 24.3 Å². The zero-order chi connectivity index (χ0) is 13.5. The Morgan fingerprint density at radius 1 is 1.35 bits per heavy atom.